The van der Waals surface area contributed by atoms with Crippen LogP contribution in [0, 0.1) is 0 Å². The minimum atomic E-state index is 0. The molecule has 2 N–H and O–H groups in total. The smallest absolute Gasteiger partial charge is 0.142 e. The lowest BCUT2D eigenvalue weighted by molar-refractivity contribution is 0.912. The van der Waals surface area contributed by atoms with Crippen LogP contribution in [0.5, 0.6) is 0 Å². The first kappa shape index (κ1) is 12.9. The molecule has 0 aliphatic rings. The molecular formula is C11H11Cl2N3. The molecule has 3 nitrogen and oxygen atoms in total. The largest absolute Gasteiger partial charge is 0.324 e. The van der Waals surface area contributed by atoms with E-state index in [0.29, 0.717) is 17.4 Å². The molecule has 2 aromatic rings. The van der Waals surface area contributed by atoms with Gasteiger partial charge in [-0.25, -0.2) is 9.97 Å². The summed E-state index contributed by atoms with van der Waals surface area (Å²) in [6.07, 6.45) is 1.69. The van der Waals surface area contributed by atoms with Crippen LogP contribution in [0.25, 0.3) is 11.3 Å². The summed E-state index contributed by atoms with van der Waals surface area (Å²) < 4.78 is 0. The molecule has 0 amide bonds. The Hall–Kier alpha value is -1.16. The third kappa shape index (κ3) is 2.70. The van der Waals surface area contributed by atoms with Gasteiger partial charge in [-0.3, -0.25) is 0 Å². The Kier molecular flexibility index (Phi) is 4.68. The average Bonchev–Trinajstić information content (AvgIpc) is 2.30. The first-order valence-corrected chi connectivity index (χ1v) is 4.96. The summed E-state index contributed by atoms with van der Waals surface area (Å²) in [5.74, 6) is 0.618. The molecule has 0 fully saturated rings. The first-order valence-electron chi connectivity index (χ1n) is 4.58. The number of aromatic nitrogens is 2. The van der Waals surface area contributed by atoms with Crippen molar-refractivity contribution in [2.75, 3.05) is 0 Å². The van der Waals surface area contributed by atoms with Crippen molar-refractivity contribution in [2.45, 2.75) is 6.54 Å². The molecule has 0 aliphatic carbocycles. The van der Waals surface area contributed by atoms with Crippen molar-refractivity contribution >= 4 is 24.0 Å². The Balaban J connectivity index is 0.00000128. The van der Waals surface area contributed by atoms with Crippen molar-refractivity contribution in [1.29, 1.82) is 0 Å². The van der Waals surface area contributed by atoms with E-state index in [1.807, 2.05) is 30.3 Å². The highest BCUT2D eigenvalue weighted by Crippen LogP contribution is 2.25. The van der Waals surface area contributed by atoms with Gasteiger partial charge in [-0.2, -0.15) is 0 Å². The monoisotopic (exact) mass is 255 g/mol. The van der Waals surface area contributed by atoms with Gasteiger partial charge in [-0.05, 0) is 12.1 Å². The molecule has 1 heterocycles. The Morgan fingerprint density at radius 1 is 1.19 bits per heavy atom. The van der Waals surface area contributed by atoms with Gasteiger partial charge in [0.05, 0.1) is 12.2 Å². The van der Waals surface area contributed by atoms with E-state index in [1.165, 1.54) is 0 Å². The molecule has 16 heavy (non-hydrogen) atoms. The quantitative estimate of drug-likeness (QED) is 0.898. The van der Waals surface area contributed by atoms with E-state index in [-0.39, 0.29) is 12.4 Å². The van der Waals surface area contributed by atoms with E-state index >= 15 is 0 Å². The fourth-order valence-electron chi connectivity index (χ4n) is 1.32. The highest BCUT2D eigenvalue weighted by molar-refractivity contribution is 6.33. The second-order valence-electron chi connectivity index (χ2n) is 3.04. The summed E-state index contributed by atoms with van der Waals surface area (Å²) in [4.78, 5) is 8.34. The SMILES string of the molecule is Cl.NCc1nccc(-c2ccccc2Cl)n1. The minimum Gasteiger partial charge on any atom is -0.324 e. The molecule has 0 saturated carbocycles. The fraction of sp³-hybridized carbons (Fsp3) is 0.0909. The van der Waals surface area contributed by atoms with Crippen LogP contribution in [0.15, 0.2) is 36.5 Å². The molecule has 0 aliphatic heterocycles. The first-order chi connectivity index (χ1) is 7.31. The predicted octanol–water partition coefficient (Wildman–Crippen LogP) is 2.68. The number of nitrogens with zero attached hydrogens (tertiary/aromatic N) is 2. The molecule has 0 unspecified atom stereocenters. The van der Waals surface area contributed by atoms with Gasteiger partial charge in [-0.15, -0.1) is 12.4 Å². The van der Waals surface area contributed by atoms with E-state index in [0.717, 1.165) is 11.3 Å². The summed E-state index contributed by atoms with van der Waals surface area (Å²) in [6, 6.07) is 9.38. The van der Waals surface area contributed by atoms with Crippen LogP contribution < -0.4 is 5.73 Å². The van der Waals surface area contributed by atoms with Crippen molar-refractivity contribution < 1.29 is 0 Å². The van der Waals surface area contributed by atoms with Crippen molar-refractivity contribution in [3.8, 4) is 11.3 Å². The molecule has 5 heteroatoms. The van der Waals surface area contributed by atoms with E-state index in [2.05, 4.69) is 9.97 Å². The minimum absolute atomic E-state index is 0. The van der Waals surface area contributed by atoms with Gasteiger partial charge in [0.2, 0.25) is 0 Å². The number of nitrogens with two attached hydrogens (primary N) is 1. The average molecular weight is 256 g/mol. The lowest BCUT2D eigenvalue weighted by Gasteiger charge is -2.03. The van der Waals surface area contributed by atoms with Gasteiger partial charge in [0.15, 0.2) is 0 Å². The zero-order valence-corrected chi connectivity index (χ0v) is 10.0. The molecule has 0 radical (unpaired) electrons. The van der Waals surface area contributed by atoms with Gasteiger partial charge in [0, 0.05) is 16.8 Å². The normalized spacial score (nSPS) is 9.62. The number of hydrogen-bond donors (Lipinski definition) is 1. The summed E-state index contributed by atoms with van der Waals surface area (Å²) in [7, 11) is 0. The fourth-order valence-corrected chi connectivity index (χ4v) is 1.55. The van der Waals surface area contributed by atoms with Gasteiger partial charge < -0.3 is 5.73 Å². The Labute approximate surface area is 105 Å². The highest BCUT2D eigenvalue weighted by atomic mass is 35.5. The maximum atomic E-state index is 6.06. The zero-order chi connectivity index (χ0) is 10.7. The second kappa shape index (κ2) is 5.80. The molecule has 0 saturated heterocycles. The molecule has 0 bridgehead atoms. The van der Waals surface area contributed by atoms with E-state index in [4.69, 9.17) is 17.3 Å². The van der Waals surface area contributed by atoms with Crippen LogP contribution in [-0.2, 0) is 6.54 Å². The van der Waals surface area contributed by atoms with Crippen LogP contribution >= 0.6 is 24.0 Å². The van der Waals surface area contributed by atoms with Crippen LogP contribution in [-0.4, -0.2) is 9.97 Å². The molecule has 1 aromatic carbocycles. The highest BCUT2D eigenvalue weighted by Gasteiger charge is 2.04. The van der Waals surface area contributed by atoms with Crippen molar-refractivity contribution in [1.82, 2.24) is 9.97 Å². The van der Waals surface area contributed by atoms with Crippen LogP contribution in [0.4, 0.5) is 0 Å². The summed E-state index contributed by atoms with van der Waals surface area (Å²) in [5.41, 5.74) is 7.18. The number of hydrogen-bond acceptors (Lipinski definition) is 3. The molecule has 2 rings (SSSR count). The Morgan fingerprint density at radius 3 is 2.62 bits per heavy atom. The number of halogens is 2. The van der Waals surface area contributed by atoms with E-state index in [9.17, 15) is 0 Å². The standard InChI is InChI=1S/C11H10ClN3.ClH/c12-9-4-2-1-3-8(9)10-5-6-14-11(7-13)15-10;/h1-6H,7,13H2;1H. The third-order valence-corrected chi connectivity index (χ3v) is 2.37. The van der Waals surface area contributed by atoms with E-state index in [1.54, 1.807) is 6.20 Å². The molecule has 1 aromatic heterocycles. The Bertz CT molecular complexity index is 474. The summed E-state index contributed by atoms with van der Waals surface area (Å²) >= 11 is 6.06. The lowest BCUT2D eigenvalue weighted by Crippen LogP contribution is -2.03. The van der Waals surface area contributed by atoms with Gasteiger partial charge in [0.25, 0.3) is 0 Å². The maximum Gasteiger partial charge on any atom is 0.142 e. The van der Waals surface area contributed by atoms with Crippen molar-refractivity contribution in [3.05, 3.63) is 47.4 Å². The van der Waals surface area contributed by atoms with Gasteiger partial charge >= 0.3 is 0 Å². The van der Waals surface area contributed by atoms with Crippen LogP contribution in [0.3, 0.4) is 0 Å². The second-order valence-corrected chi connectivity index (χ2v) is 3.45. The molecular weight excluding hydrogens is 245 g/mol. The summed E-state index contributed by atoms with van der Waals surface area (Å²) in [5, 5.41) is 0.680. The summed E-state index contributed by atoms with van der Waals surface area (Å²) in [6.45, 7) is 0.332. The topological polar surface area (TPSA) is 51.8 Å². The van der Waals surface area contributed by atoms with Crippen LogP contribution in [0.2, 0.25) is 5.02 Å². The number of rotatable bonds is 2. The number of benzene rings is 1. The maximum absolute atomic E-state index is 6.06. The third-order valence-electron chi connectivity index (χ3n) is 2.04. The molecule has 0 spiro atoms. The van der Waals surface area contributed by atoms with Crippen molar-refractivity contribution in [3.63, 3.8) is 0 Å². The molecule has 0 atom stereocenters. The predicted molar refractivity (Wildman–Crippen MR) is 67.6 cm³/mol. The lowest BCUT2D eigenvalue weighted by atomic mass is 10.1. The van der Waals surface area contributed by atoms with Crippen molar-refractivity contribution in [2.24, 2.45) is 5.73 Å². The Morgan fingerprint density at radius 2 is 1.94 bits per heavy atom. The van der Waals surface area contributed by atoms with E-state index < -0.39 is 0 Å². The molecule has 84 valence electrons. The zero-order valence-electron chi connectivity index (χ0n) is 8.43. The van der Waals surface area contributed by atoms with Crippen LogP contribution in [0.1, 0.15) is 5.82 Å². The van der Waals surface area contributed by atoms with Gasteiger partial charge in [0.1, 0.15) is 5.82 Å². The van der Waals surface area contributed by atoms with Gasteiger partial charge in [-0.1, -0.05) is 29.8 Å².